The molecule has 0 saturated carbocycles. The number of nitrogens with zero attached hydrogens (tertiary/aromatic N) is 3. The van der Waals surface area contributed by atoms with Gasteiger partial charge in [-0.15, -0.1) is 0 Å². The zero-order valence-electron chi connectivity index (χ0n) is 7.50. The normalized spacial score (nSPS) is 9.70. The standard InChI is InChI=1S/C5H11N3.C2H6/c1-4-7-8(3)5-6-2;1-2/h4-5H,1-3H3;1-2H3/b6-5?,7-4-;. The summed E-state index contributed by atoms with van der Waals surface area (Å²) in [6.45, 7) is 5.86. The van der Waals surface area contributed by atoms with Gasteiger partial charge in [0.05, 0.1) is 0 Å². The van der Waals surface area contributed by atoms with E-state index in [1.807, 2.05) is 27.8 Å². The lowest BCUT2D eigenvalue weighted by molar-refractivity contribution is 0.563. The van der Waals surface area contributed by atoms with Crippen LogP contribution in [0.4, 0.5) is 0 Å². The fraction of sp³-hybridized carbons (Fsp3) is 0.714. The van der Waals surface area contributed by atoms with E-state index in [0.29, 0.717) is 0 Å². The van der Waals surface area contributed by atoms with E-state index in [1.54, 1.807) is 24.6 Å². The highest BCUT2D eigenvalue weighted by atomic mass is 15.4. The number of hydrazone groups is 1. The Hall–Kier alpha value is -0.860. The Labute approximate surface area is 63.5 Å². The number of hydrogen-bond acceptors (Lipinski definition) is 2. The van der Waals surface area contributed by atoms with Crippen LogP contribution in [0.3, 0.4) is 0 Å². The third kappa shape index (κ3) is 10.2. The van der Waals surface area contributed by atoms with E-state index in [0.717, 1.165) is 0 Å². The summed E-state index contributed by atoms with van der Waals surface area (Å²) in [7, 11) is 3.54. The SMILES string of the molecule is C/C=N\N(C)C=NC.CC. The Kier molecular flexibility index (Phi) is 13.1. The smallest absolute Gasteiger partial charge is 0.105 e. The molecule has 0 atom stereocenters. The van der Waals surface area contributed by atoms with Gasteiger partial charge in [-0.05, 0) is 6.92 Å². The molecule has 0 aromatic rings. The number of rotatable bonds is 2. The summed E-state index contributed by atoms with van der Waals surface area (Å²) in [4.78, 5) is 3.74. The molecule has 0 rings (SSSR count). The van der Waals surface area contributed by atoms with Crippen LogP contribution in [-0.4, -0.2) is 31.7 Å². The summed E-state index contributed by atoms with van der Waals surface area (Å²) in [5.74, 6) is 0. The minimum atomic E-state index is 1.64. The van der Waals surface area contributed by atoms with Crippen molar-refractivity contribution in [2.75, 3.05) is 14.1 Å². The predicted octanol–water partition coefficient (Wildman–Crippen LogP) is 1.61. The third-order valence-electron chi connectivity index (χ3n) is 0.580. The van der Waals surface area contributed by atoms with Gasteiger partial charge in [0.2, 0.25) is 0 Å². The van der Waals surface area contributed by atoms with Crippen molar-refractivity contribution in [3.63, 3.8) is 0 Å². The molecule has 0 aliphatic heterocycles. The van der Waals surface area contributed by atoms with Crippen LogP contribution < -0.4 is 0 Å². The third-order valence-corrected chi connectivity index (χ3v) is 0.580. The number of aliphatic imine (C=N–C) groups is 1. The number of hydrogen-bond donors (Lipinski definition) is 0. The lowest BCUT2D eigenvalue weighted by Crippen LogP contribution is -2.06. The molecule has 3 nitrogen and oxygen atoms in total. The lowest BCUT2D eigenvalue weighted by Gasteiger charge is -2.00. The molecule has 0 aromatic heterocycles. The zero-order valence-corrected chi connectivity index (χ0v) is 7.50. The van der Waals surface area contributed by atoms with Crippen molar-refractivity contribution in [3.05, 3.63) is 0 Å². The second-order valence-electron chi connectivity index (χ2n) is 1.32. The Balaban J connectivity index is 0. The highest BCUT2D eigenvalue weighted by Crippen LogP contribution is 1.72. The molecule has 3 heteroatoms. The molecule has 0 radical (unpaired) electrons. The molecule has 10 heavy (non-hydrogen) atoms. The van der Waals surface area contributed by atoms with Crippen LogP contribution in [0.1, 0.15) is 20.8 Å². The molecule has 0 heterocycles. The van der Waals surface area contributed by atoms with Crippen LogP contribution in [-0.2, 0) is 0 Å². The minimum Gasteiger partial charge on any atom is -0.277 e. The minimum absolute atomic E-state index is 1.64. The second kappa shape index (κ2) is 11.0. The summed E-state index contributed by atoms with van der Waals surface area (Å²) in [6, 6.07) is 0. The molecular formula is C7H17N3. The largest absolute Gasteiger partial charge is 0.277 e. The Morgan fingerprint density at radius 3 is 2.10 bits per heavy atom. The molecule has 0 aliphatic rings. The van der Waals surface area contributed by atoms with Gasteiger partial charge in [0.25, 0.3) is 0 Å². The molecule has 0 unspecified atom stereocenters. The van der Waals surface area contributed by atoms with Crippen molar-refractivity contribution in [2.24, 2.45) is 10.1 Å². The van der Waals surface area contributed by atoms with E-state index in [-0.39, 0.29) is 0 Å². The monoisotopic (exact) mass is 143 g/mol. The fourth-order valence-corrected chi connectivity index (χ4v) is 0.379. The van der Waals surface area contributed by atoms with Gasteiger partial charge in [-0.2, -0.15) is 5.10 Å². The first-order valence-electron chi connectivity index (χ1n) is 3.45. The molecular weight excluding hydrogens is 126 g/mol. The molecule has 0 N–H and O–H groups in total. The van der Waals surface area contributed by atoms with Crippen molar-refractivity contribution in [1.29, 1.82) is 0 Å². The fourth-order valence-electron chi connectivity index (χ4n) is 0.379. The van der Waals surface area contributed by atoms with Crippen LogP contribution in [0.25, 0.3) is 0 Å². The van der Waals surface area contributed by atoms with Gasteiger partial charge in [0.1, 0.15) is 6.34 Å². The molecule has 0 saturated heterocycles. The maximum absolute atomic E-state index is 3.87. The van der Waals surface area contributed by atoms with Gasteiger partial charge in [-0.3, -0.25) is 10.0 Å². The first kappa shape index (κ1) is 11.9. The molecule has 0 aliphatic carbocycles. The van der Waals surface area contributed by atoms with Crippen molar-refractivity contribution in [3.8, 4) is 0 Å². The lowest BCUT2D eigenvalue weighted by atomic mass is 10.9. The van der Waals surface area contributed by atoms with Crippen LogP contribution in [0.2, 0.25) is 0 Å². The van der Waals surface area contributed by atoms with Gasteiger partial charge < -0.3 is 0 Å². The van der Waals surface area contributed by atoms with Crippen LogP contribution in [0.15, 0.2) is 10.1 Å². The molecule has 0 amide bonds. The first-order valence-corrected chi connectivity index (χ1v) is 3.45. The van der Waals surface area contributed by atoms with Crippen molar-refractivity contribution in [1.82, 2.24) is 5.01 Å². The maximum atomic E-state index is 3.87. The second-order valence-corrected chi connectivity index (χ2v) is 1.32. The van der Waals surface area contributed by atoms with E-state index in [1.165, 1.54) is 0 Å². The van der Waals surface area contributed by atoms with E-state index >= 15 is 0 Å². The van der Waals surface area contributed by atoms with Gasteiger partial charge in [-0.25, -0.2) is 0 Å². The average molecular weight is 143 g/mol. The van der Waals surface area contributed by atoms with E-state index in [9.17, 15) is 0 Å². The topological polar surface area (TPSA) is 28.0 Å². The van der Waals surface area contributed by atoms with Gasteiger partial charge in [-0.1, -0.05) is 13.8 Å². The van der Waals surface area contributed by atoms with Crippen LogP contribution in [0, 0.1) is 0 Å². The van der Waals surface area contributed by atoms with E-state index in [2.05, 4.69) is 10.1 Å². The zero-order chi connectivity index (χ0) is 8.41. The van der Waals surface area contributed by atoms with E-state index in [4.69, 9.17) is 0 Å². The van der Waals surface area contributed by atoms with Gasteiger partial charge >= 0.3 is 0 Å². The Morgan fingerprint density at radius 2 is 1.80 bits per heavy atom. The van der Waals surface area contributed by atoms with Crippen LogP contribution >= 0.6 is 0 Å². The Bertz CT molecular complexity index is 85.0. The van der Waals surface area contributed by atoms with Crippen molar-refractivity contribution < 1.29 is 0 Å². The summed E-state index contributed by atoms with van der Waals surface area (Å²) >= 11 is 0. The summed E-state index contributed by atoms with van der Waals surface area (Å²) in [5, 5.41) is 5.51. The molecule has 0 bridgehead atoms. The average Bonchev–Trinajstić information content (AvgIpc) is 1.93. The molecule has 0 spiro atoms. The summed E-state index contributed by atoms with van der Waals surface area (Å²) in [6.07, 6.45) is 3.35. The summed E-state index contributed by atoms with van der Waals surface area (Å²) in [5.41, 5.74) is 0. The van der Waals surface area contributed by atoms with Crippen LogP contribution in [0.5, 0.6) is 0 Å². The Morgan fingerprint density at radius 1 is 1.30 bits per heavy atom. The van der Waals surface area contributed by atoms with E-state index < -0.39 is 0 Å². The quantitative estimate of drug-likeness (QED) is 0.328. The maximum Gasteiger partial charge on any atom is 0.105 e. The van der Waals surface area contributed by atoms with Crippen molar-refractivity contribution >= 4 is 12.6 Å². The highest BCUT2D eigenvalue weighted by Gasteiger charge is 1.76. The highest BCUT2D eigenvalue weighted by molar-refractivity contribution is 5.58. The molecule has 0 aromatic carbocycles. The first-order chi connectivity index (χ1) is 4.81. The summed E-state index contributed by atoms with van der Waals surface area (Å²) < 4.78 is 0. The van der Waals surface area contributed by atoms with Crippen molar-refractivity contribution in [2.45, 2.75) is 20.8 Å². The predicted molar refractivity (Wildman–Crippen MR) is 47.7 cm³/mol. The molecule has 60 valence electrons. The molecule has 0 fully saturated rings. The van der Waals surface area contributed by atoms with Gasteiger partial charge in [0.15, 0.2) is 0 Å². The van der Waals surface area contributed by atoms with Gasteiger partial charge in [0, 0.05) is 20.3 Å².